The number of rotatable bonds is 34. The summed E-state index contributed by atoms with van der Waals surface area (Å²) in [6.45, 7) is 18.2. The van der Waals surface area contributed by atoms with E-state index in [0.717, 1.165) is 159 Å². The van der Waals surface area contributed by atoms with Crippen LogP contribution >= 0.6 is 0 Å². The summed E-state index contributed by atoms with van der Waals surface area (Å²) >= 11 is 0. The zero-order chi connectivity index (χ0) is 97.2. The number of para-hydroxylation sites is 3. The predicted molar refractivity (Wildman–Crippen MR) is 516 cm³/mol. The van der Waals surface area contributed by atoms with Gasteiger partial charge in [-0.15, -0.1) is 0 Å². The molecule has 7 saturated heterocycles. The van der Waals surface area contributed by atoms with Crippen LogP contribution in [0.3, 0.4) is 0 Å². The molecule has 0 bridgehead atoms. The third-order valence-electron chi connectivity index (χ3n) is 29.7. The lowest BCUT2D eigenvalue weighted by atomic mass is 9.87. The number of nitrogens with two attached hydrogens (primary N) is 1. The van der Waals surface area contributed by atoms with Gasteiger partial charge in [0.25, 0.3) is 0 Å². The van der Waals surface area contributed by atoms with E-state index < -0.39 is 89.9 Å². The fraction of sp³-hybridized carbons (Fsp3) is 0.644. The molecule has 0 saturated carbocycles. The topological polar surface area (TPSA) is 394 Å². The van der Waals surface area contributed by atoms with Crippen LogP contribution in [0.1, 0.15) is 271 Å². The summed E-state index contributed by atoms with van der Waals surface area (Å²) in [5, 5.41) is 20.8. The molecule has 10 heterocycles. The number of aromatic nitrogens is 3. The van der Waals surface area contributed by atoms with Gasteiger partial charge in [0.05, 0.1) is 54.0 Å². The first kappa shape index (κ1) is 105. The molecule has 7 aliphatic heterocycles. The van der Waals surface area contributed by atoms with Gasteiger partial charge < -0.3 is 76.3 Å². The number of methoxy groups -OCH3 is 1. The summed E-state index contributed by atoms with van der Waals surface area (Å²) in [6, 6.07) is 16.3. The summed E-state index contributed by atoms with van der Waals surface area (Å²) in [4.78, 5) is 201. The highest BCUT2D eigenvalue weighted by Crippen LogP contribution is 2.38. The lowest BCUT2D eigenvalue weighted by molar-refractivity contribution is -0.147. The maximum Gasteiger partial charge on any atom is 0.305 e. The number of carbonyl (C=O) groups excluding carboxylic acids is 13. The Morgan fingerprint density at radius 2 is 0.748 bits per heavy atom. The number of nitrogens with one attached hydrogen (secondary N) is 6. The van der Waals surface area contributed by atoms with Gasteiger partial charge in [-0.2, -0.15) is 14.2 Å². The van der Waals surface area contributed by atoms with Crippen LogP contribution in [-0.4, -0.2) is 226 Å². The van der Waals surface area contributed by atoms with Gasteiger partial charge in [-0.1, -0.05) is 174 Å². The van der Waals surface area contributed by atoms with E-state index >= 15 is 0 Å². The molecule has 135 heavy (non-hydrogen) atoms. The second-order valence-corrected chi connectivity index (χ2v) is 38.7. The van der Waals surface area contributed by atoms with Gasteiger partial charge in [-0.25, -0.2) is 0 Å². The van der Waals surface area contributed by atoms with Crippen molar-refractivity contribution < 1.29 is 86.3 Å². The molecule has 8 N–H and O–H groups in total. The number of benzene rings is 3. The molecular formula is C104H151N13O18. The summed E-state index contributed by atoms with van der Waals surface area (Å²) < 4.78 is 15.3. The molecule has 17 atom stereocenters. The molecule has 13 rings (SSSR count). The van der Waals surface area contributed by atoms with E-state index in [4.69, 9.17) is 29.7 Å². The lowest BCUT2D eigenvalue weighted by Gasteiger charge is -2.39. The monoisotopic (exact) mass is 1870 g/mol. The molecule has 31 heteroatoms. The van der Waals surface area contributed by atoms with Crippen molar-refractivity contribution in [2.75, 3.05) is 54.7 Å². The Labute approximate surface area is 795 Å². The van der Waals surface area contributed by atoms with Crippen LogP contribution in [0.4, 0.5) is 0 Å². The van der Waals surface area contributed by atoms with Gasteiger partial charge in [0, 0.05) is 123 Å². The van der Waals surface area contributed by atoms with E-state index in [1.807, 2.05) is 127 Å². The van der Waals surface area contributed by atoms with Crippen molar-refractivity contribution >= 4 is 109 Å². The Balaban J connectivity index is 0.000000195. The molecule has 6 aromatic rings. The van der Waals surface area contributed by atoms with Crippen molar-refractivity contribution in [3.8, 4) is 0 Å². The second-order valence-electron chi connectivity index (χ2n) is 38.7. The van der Waals surface area contributed by atoms with Crippen molar-refractivity contribution in [1.82, 2.24) is 60.8 Å². The lowest BCUT2D eigenvalue weighted by Crippen LogP contribution is -2.61. The maximum atomic E-state index is 14.1. The van der Waals surface area contributed by atoms with E-state index in [1.165, 1.54) is 7.11 Å². The number of nitrogens with zero attached hydrogens (tertiary/aromatic N) is 6. The van der Waals surface area contributed by atoms with Gasteiger partial charge in [-0.3, -0.25) is 62.3 Å². The largest absolute Gasteiger partial charge is 0.469 e. The van der Waals surface area contributed by atoms with Crippen LogP contribution in [0.15, 0.2) is 91.4 Å². The number of hydrogen-bond donors (Lipinski definition) is 7. The van der Waals surface area contributed by atoms with E-state index in [1.54, 1.807) is 56.4 Å². The highest BCUT2D eigenvalue weighted by Gasteiger charge is 2.47. The number of ketones is 3. The molecule has 0 aliphatic carbocycles. The number of fused-ring (bicyclic) bond motifs is 6. The normalized spacial score (nSPS) is 25.7. The Kier molecular flexibility index (Phi) is 39.1. The van der Waals surface area contributed by atoms with E-state index in [2.05, 4.69) is 45.7 Å². The molecule has 9 amide bonds. The number of amides is 9. The standard InChI is InChI=1S/C36H52N4O6.C35H53N5O5.C33H46N4O7/c1-5-24(3)32-35(44)39-19-13-11-17-30(39)31(41)21-25(14-8-7-12-18-36(6-2)23-46-36)33(42)37-28(34(43)38-32)20-26-22-40(45-4)29-16-10-9-15-27(26)29;1-5-23(3)32-35(44)39-19-13-12-18-30(39)31(41)21-24(14-8-7-9-15-26(36)6-2)33(42)37-28(34(43)38-32)20-25-22-40(45-4)29-17-11-10-16-27(25)29;1-5-21(2)30-33(42)36-17-11-10-15-27(36)28(38)19-22(12-6-9-16-29(39)43-3)31(40)34-25(32(41)35-30)18-23-20-37(44-4)26-14-8-7-13-24(23)26/h9-10,15-16,22,24-25,28,30,32H,5-8,11-14,17-21,23H2,1-4H3,(H,37,42)(H,38,43);10-11,16-17,22-24,26,28,30,32H,5-9,12-15,18-21,36H2,1-4H3,(H,37,42)(H,38,43);7-8,13-14,20-22,25,27,30H,5-6,9-12,15-19H2,1-4H3,(H,34,40)(H,35,41)/t24?,25-,28+,30-,32+,36?;23?,24-,26?,28+,30-,32+;21?,22-,25+,27-,30+/m111/s1. The molecule has 0 spiro atoms. The maximum absolute atomic E-state index is 14.1. The van der Waals surface area contributed by atoms with Crippen LogP contribution in [0.5, 0.6) is 0 Å². The van der Waals surface area contributed by atoms with Gasteiger partial charge in [-0.05, 0) is 162 Å². The zero-order valence-corrected chi connectivity index (χ0v) is 81.9. The molecule has 3 aromatic heterocycles. The first-order valence-corrected chi connectivity index (χ1v) is 50.2. The van der Waals surface area contributed by atoms with Crippen molar-refractivity contribution in [3.63, 3.8) is 0 Å². The number of piperidine rings is 3. The fourth-order valence-corrected chi connectivity index (χ4v) is 20.4. The minimum Gasteiger partial charge on any atom is -0.469 e. The summed E-state index contributed by atoms with van der Waals surface area (Å²) in [7, 11) is 6.05. The fourth-order valence-electron chi connectivity index (χ4n) is 20.4. The molecule has 740 valence electrons. The number of epoxide rings is 1. The van der Waals surface area contributed by atoms with Gasteiger partial charge in [0.15, 0.2) is 17.3 Å². The van der Waals surface area contributed by atoms with E-state index in [9.17, 15) is 62.3 Å². The number of ether oxygens (including phenoxy) is 2. The molecule has 7 fully saturated rings. The van der Waals surface area contributed by atoms with Crippen LogP contribution in [0.25, 0.3) is 32.7 Å². The smallest absolute Gasteiger partial charge is 0.305 e. The number of unbranched alkanes of at least 4 members (excludes halogenated alkanes) is 5. The highest BCUT2D eigenvalue weighted by molar-refractivity contribution is 6.02. The molecule has 7 aliphatic rings. The Morgan fingerprint density at radius 1 is 0.422 bits per heavy atom. The summed E-state index contributed by atoms with van der Waals surface area (Å²) in [6.07, 6.45) is 26.7. The van der Waals surface area contributed by atoms with Crippen LogP contribution in [-0.2, 0) is 91.1 Å². The predicted octanol–water partition coefficient (Wildman–Crippen LogP) is 11.2. The third kappa shape index (κ3) is 27.0. The van der Waals surface area contributed by atoms with Crippen LogP contribution < -0.4 is 52.1 Å². The average molecular weight is 1870 g/mol. The summed E-state index contributed by atoms with van der Waals surface area (Å²) in [5.41, 5.74) is 11.1. The SMILES string of the molecule is CCC(C)[C@@H]1NC(=O)[C@H](Cc2cn(OC)c3ccccc23)NC(=O)[C@H](CCCCC(=O)OC)CC(=O)[C@H]2CCCCN2C1=O.CCC(C)[C@@H]1NC(=O)[C@H](Cc2cn(OC)c3ccccc23)NC(=O)[C@H](CCCCCC2(CC)CO2)CC(=O)[C@H]2CCCCN2C1=O.CCC(N)CCCCC[C@@H]1CC(=O)[C@H]2CCCCN2C(=O)[C@H](C(C)CC)NC(=O)[C@H](Cc2cn(OC)c3ccccc23)NC1=O. The molecule has 0 radical (unpaired) electrons. The van der Waals surface area contributed by atoms with Crippen molar-refractivity contribution in [1.29, 1.82) is 0 Å². The van der Waals surface area contributed by atoms with Gasteiger partial charge in [0.1, 0.15) is 57.6 Å². The summed E-state index contributed by atoms with van der Waals surface area (Å²) in [5.74, 6) is -5.81. The molecule has 3 aromatic carbocycles. The van der Waals surface area contributed by atoms with Crippen molar-refractivity contribution in [2.24, 2.45) is 41.2 Å². The highest BCUT2D eigenvalue weighted by atomic mass is 16.7. The number of carbonyl (C=O) groups is 13. The first-order valence-electron chi connectivity index (χ1n) is 50.2. The van der Waals surface area contributed by atoms with Crippen molar-refractivity contribution in [2.45, 2.75) is 340 Å². The van der Waals surface area contributed by atoms with Crippen molar-refractivity contribution in [3.05, 3.63) is 108 Å². The van der Waals surface area contributed by atoms with E-state index in [0.29, 0.717) is 90.3 Å². The van der Waals surface area contributed by atoms with E-state index in [-0.39, 0.29) is 133 Å². The zero-order valence-electron chi connectivity index (χ0n) is 81.9. The Bertz CT molecular complexity index is 5050. The van der Waals surface area contributed by atoms with Crippen LogP contribution in [0.2, 0.25) is 0 Å². The minimum absolute atomic E-state index is 0.0379. The third-order valence-corrected chi connectivity index (χ3v) is 29.7. The number of hydrogen-bond acceptors (Lipinski definition) is 19. The Morgan fingerprint density at radius 3 is 1.05 bits per heavy atom. The molecular weight excluding hydrogens is 1720 g/mol. The van der Waals surface area contributed by atoms with Gasteiger partial charge in [0.2, 0.25) is 53.2 Å². The molecule has 31 nitrogen and oxygen atoms in total. The second kappa shape index (κ2) is 50.4. The minimum atomic E-state index is -0.998. The molecule has 5 unspecified atom stereocenters. The van der Waals surface area contributed by atoms with Crippen LogP contribution in [0, 0.1) is 35.5 Å². The first-order chi connectivity index (χ1) is 65.0. The quantitative estimate of drug-likeness (QED) is 0.0112. The number of esters is 1. The van der Waals surface area contributed by atoms with Gasteiger partial charge >= 0.3 is 5.97 Å². The number of Topliss-reactive ketones (excluding diaryl/α,β-unsaturated/α-hetero) is 3. The average Bonchev–Trinajstić information content (AvgIpc) is 1.30. The Hall–Kier alpha value is -10.7.